The average Bonchev–Trinajstić information content (AvgIpc) is 2.49. The van der Waals surface area contributed by atoms with E-state index in [4.69, 9.17) is 5.84 Å². The SMILES string of the molecule is Cc1ccc(NC(=O)c2ccnc(NN)c2)cc1[N+](=O)[O-]. The predicted molar refractivity (Wildman–Crippen MR) is 77.8 cm³/mol. The van der Waals surface area contributed by atoms with Crippen molar-refractivity contribution in [2.45, 2.75) is 6.92 Å². The third-order valence-electron chi connectivity index (χ3n) is 2.83. The van der Waals surface area contributed by atoms with Gasteiger partial charge in [-0.1, -0.05) is 6.07 Å². The fraction of sp³-hybridized carbons (Fsp3) is 0.0769. The monoisotopic (exact) mass is 287 g/mol. The molecule has 21 heavy (non-hydrogen) atoms. The molecule has 0 fully saturated rings. The van der Waals surface area contributed by atoms with Crippen molar-refractivity contribution in [2.24, 2.45) is 5.84 Å². The summed E-state index contributed by atoms with van der Waals surface area (Å²) in [6, 6.07) is 7.48. The number of nitro groups is 1. The van der Waals surface area contributed by atoms with Gasteiger partial charge in [-0.3, -0.25) is 14.9 Å². The van der Waals surface area contributed by atoms with Gasteiger partial charge in [0.25, 0.3) is 11.6 Å². The van der Waals surface area contributed by atoms with E-state index in [0.29, 0.717) is 22.6 Å². The van der Waals surface area contributed by atoms with Crippen LogP contribution < -0.4 is 16.6 Å². The van der Waals surface area contributed by atoms with Crippen LogP contribution in [0.1, 0.15) is 15.9 Å². The lowest BCUT2D eigenvalue weighted by molar-refractivity contribution is -0.385. The van der Waals surface area contributed by atoms with Crippen LogP contribution in [-0.2, 0) is 0 Å². The van der Waals surface area contributed by atoms with Crippen molar-refractivity contribution in [3.05, 3.63) is 57.8 Å². The molecule has 2 rings (SSSR count). The van der Waals surface area contributed by atoms with Crippen molar-refractivity contribution >= 4 is 23.1 Å². The molecule has 0 bridgehead atoms. The maximum absolute atomic E-state index is 12.1. The van der Waals surface area contributed by atoms with E-state index in [0.717, 1.165) is 0 Å². The molecule has 0 spiro atoms. The summed E-state index contributed by atoms with van der Waals surface area (Å²) in [5.41, 5.74) is 3.49. The third-order valence-corrected chi connectivity index (χ3v) is 2.83. The van der Waals surface area contributed by atoms with Gasteiger partial charge in [-0.2, -0.15) is 0 Å². The highest BCUT2D eigenvalue weighted by atomic mass is 16.6. The van der Waals surface area contributed by atoms with Gasteiger partial charge in [0.1, 0.15) is 5.82 Å². The molecule has 0 aliphatic rings. The lowest BCUT2D eigenvalue weighted by Crippen LogP contribution is -2.14. The highest BCUT2D eigenvalue weighted by molar-refractivity contribution is 6.04. The average molecular weight is 287 g/mol. The highest BCUT2D eigenvalue weighted by Gasteiger charge is 2.13. The number of carbonyl (C=O) groups excluding carboxylic acids is 1. The van der Waals surface area contributed by atoms with E-state index in [1.54, 1.807) is 19.1 Å². The summed E-state index contributed by atoms with van der Waals surface area (Å²) in [6.45, 7) is 1.63. The Bertz CT molecular complexity index is 702. The smallest absolute Gasteiger partial charge is 0.274 e. The number of aryl methyl sites for hydroxylation is 1. The van der Waals surface area contributed by atoms with Crippen molar-refractivity contribution in [3.8, 4) is 0 Å². The number of hydrogen-bond donors (Lipinski definition) is 3. The number of carbonyl (C=O) groups is 1. The Hall–Kier alpha value is -3.00. The molecule has 2 aromatic rings. The Balaban J connectivity index is 2.23. The molecular weight excluding hydrogens is 274 g/mol. The fourth-order valence-corrected chi connectivity index (χ4v) is 1.74. The number of rotatable bonds is 4. The number of pyridine rings is 1. The molecule has 0 saturated carbocycles. The van der Waals surface area contributed by atoms with Gasteiger partial charge in [0.2, 0.25) is 0 Å². The summed E-state index contributed by atoms with van der Waals surface area (Å²) in [6.07, 6.45) is 1.43. The Labute approximate surface area is 120 Å². The second-order valence-corrected chi connectivity index (χ2v) is 4.29. The first-order valence-corrected chi connectivity index (χ1v) is 6.00. The topological polar surface area (TPSA) is 123 Å². The van der Waals surface area contributed by atoms with E-state index in [-0.39, 0.29) is 5.69 Å². The first-order valence-electron chi connectivity index (χ1n) is 6.00. The Kier molecular flexibility index (Phi) is 4.10. The van der Waals surface area contributed by atoms with E-state index >= 15 is 0 Å². The van der Waals surface area contributed by atoms with E-state index in [9.17, 15) is 14.9 Å². The zero-order valence-electron chi connectivity index (χ0n) is 11.2. The number of nitrogen functional groups attached to an aromatic ring is 1. The Morgan fingerprint density at radius 3 is 2.76 bits per heavy atom. The van der Waals surface area contributed by atoms with Crippen LogP contribution in [0.2, 0.25) is 0 Å². The van der Waals surface area contributed by atoms with Crippen LogP contribution >= 0.6 is 0 Å². The largest absolute Gasteiger partial charge is 0.322 e. The minimum absolute atomic E-state index is 0.0492. The summed E-state index contributed by atoms with van der Waals surface area (Å²) in [5.74, 6) is 5.16. The van der Waals surface area contributed by atoms with Crippen LogP contribution in [-0.4, -0.2) is 15.8 Å². The zero-order chi connectivity index (χ0) is 15.4. The molecule has 0 unspecified atom stereocenters. The number of hydrazine groups is 1. The summed E-state index contributed by atoms with van der Waals surface area (Å²) < 4.78 is 0. The Morgan fingerprint density at radius 2 is 2.10 bits per heavy atom. The second kappa shape index (κ2) is 5.97. The molecular formula is C13H13N5O3. The molecule has 0 saturated heterocycles. The van der Waals surface area contributed by atoms with Gasteiger partial charge in [-0.25, -0.2) is 10.8 Å². The number of anilines is 2. The van der Waals surface area contributed by atoms with Gasteiger partial charge in [-0.15, -0.1) is 0 Å². The molecule has 8 heteroatoms. The molecule has 1 aromatic heterocycles. The quantitative estimate of drug-likeness (QED) is 0.448. The molecule has 1 heterocycles. The summed E-state index contributed by atoms with van der Waals surface area (Å²) in [7, 11) is 0. The number of hydrogen-bond acceptors (Lipinski definition) is 6. The fourth-order valence-electron chi connectivity index (χ4n) is 1.74. The molecule has 0 radical (unpaired) electrons. The van der Waals surface area contributed by atoms with E-state index < -0.39 is 10.8 Å². The predicted octanol–water partition coefficient (Wildman–Crippen LogP) is 1.84. The maximum atomic E-state index is 12.1. The minimum Gasteiger partial charge on any atom is -0.322 e. The zero-order valence-corrected chi connectivity index (χ0v) is 11.2. The molecule has 1 amide bonds. The minimum atomic E-state index is -0.492. The van der Waals surface area contributed by atoms with E-state index in [1.807, 2.05) is 0 Å². The molecule has 108 valence electrons. The maximum Gasteiger partial charge on any atom is 0.274 e. The summed E-state index contributed by atoms with van der Waals surface area (Å²) in [5, 5.41) is 13.5. The molecule has 0 aliphatic heterocycles. The van der Waals surface area contributed by atoms with Crippen LogP contribution in [0.15, 0.2) is 36.5 Å². The van der Waals surface area contributed by atoms with Crippen LogP contribution in [0.4, 0.5) is 17.2 Å². The van der Waals surface area contributed by atoms with Gasteiger partial charge < -0.3 is 10.7 Å². The molecule has 0 aliphatic carbocycles. The van der Waals surface area contributed by atoms with Crippen LogP contribution in [0.3, 0.4) is 0 Å². The third kappa shape index (κ3) is 3.31. The standard InChI is InChI=1S/C13H13N5O3/c1-8-2-3-10(7-11(8)18(20)21)16-13(19)9-4-5-15-12(6-9)17-14/h2-7H,14H2,1H3,(H,15,17)(H,16,19). The van der Waals surface area contributed by atoms with Crippen LogP contribution in [0.5, 0.6) is 0 Å². The van der Waals surface area contributed by atoms with Crippen LogP contribution in [0.25, 0.3) is 0 Å². The number of amides is 1. The van der Waals surface area contributed by atoms with Gasteiger partial charge >= 0.3 is 0 Å². The first-order chi connectivity index (χ1) is 10.0. The molecule has 1 aromatic carbocycles. The number of nitro benzene ring substituents is 1. The summed E-state index contributed by atoms with van der Waals surface area (Å²) in [4.78, 5) is 26.3. The van der Waals surface area contributed by atoms with Crippen molar-refractivity contribution < 1.29 is 9.72 Å². The molecule has 4 N–H and O–H groups in total. The number of aromatic nitrogens is 1. The van der Waals surface area contributed by atoms with Gasteiger partial charge in [0.15, 0.2) is 0 Å². The lowest BCUT2D eigenvalue weighted by atomic mass is 10.1. The van der Waals surface area contributed by atoms with Crippen molar-refractivity contribution in [1.82, 2.24) is 4.98 Å². The first kappa shape index (κ1) is 14.4. The van der Waals surface area contributed by atoms with Gasteiger partial charge in [-0.05, 0) is 25.1 Å². The van der Waals surface area contributed by atoms with Crippen molar-refractivity contribution in [2.75, 3.05) is 10.7 Å². The number of nitrogens with zero attached hydrogens (tertiary/aromatic N) is 2. The molecule has 8 nitrogen and oxygen atoms in total. The van der Waals surface area contributed by atoms with Crippen molar-refractivity contribution in [3.63, 3.8) is 0 Å². The van der Waals surface area contributed by atoms with E-state index in [1.165, 1.54) is 24.4 Å². The number of nitrogens with two attached hydrogens (primary N) is 1. The Morgan fingerprint density at radius 1 is 1.33 bits per heavy atom. The lowest BCUT2D eigenvalue weighted by Gasteiger charge is -2.07. The molecule has 0 atom stereocenters. The second-order valence-electron chi connectivity index (χ2n) is 4.29. The number of nitrogens with one attached hydrogen (secondary N) is 2. The normalized spacial score (nSPS) is 10.0. The number of benzene rings is 1. The highest BCUT2D eigenvalue weighted by Crippen LogP contribution is 2.22. The van der Waals surface area contributed by atoms with Gasteiger partial charge in [0.05, 0.1) is 4.92 Å². The van der Waals surface area contributed by atoms with E-state index in [2.05, 4.69) is 15.7 Å². The van der Waals surface area contributed by atoms with Crippen molar-refractivity contribution in [1.29, 1.82) is 0 Å². The van der Waals surface area contributed by atoms with Crippen LogP contribution in [0, 0.1) is 17.0 Å². The summed E-state index contributed by atoms with van der Waals surface area (Å²) >= 11 is 0. The van der Waals surface area contributed by atoms with Gasteiger partial charge in [0, 0.05) is 29.1 Å².